The van der Waals surface area contributed by atoms with E-state index in [0.717, 1.165) is 50.4 Å². The fraction of sp³-hybridized carbons (Fsp3) is 0.583. The van der Waals surface area contributed by atoms with Crippen LogP contribution >= 0.6 is 0 Å². The van der Waals surface area contributed by atoms with Crippen LogP contribution in [-0.4, -0.2) is 35.9 Å². The summed E-state index contributed by atoms with van der Waals surface area (Å²) < 4.78 is 11.6. The van der Waals surface area contributed by atoms with Crippen LogP contribution in [-0.2, 0) is 14.3 Å². The summed E-state index contributed by atoms with van der Waals surface area (Å²) in [6.45, 7) is 3.07. The molecule has 1 aliphatic rings. The van der Waals surface area contributed by atoms with Crippen LogP contribution in [0.25, 0.3) is 6.08 Å². The number of carbonyl (C=O) groups excluding carboxylic acids is 1. The maximum Gasteiger partial charge on any atom is 0.338 e. The van der Waals surface area contributed by atoms with Crippen LogP contribution in [0.5, 0.6) is 0 Å². The Hall–Kier alpha value is -2.14. The van der Waals surface area contributed by atoms with Gasteiger partial charge in [-0.2, -0.15) is 0 Å². The Morgan fingerprint density at radius 1 is 0.966 bits per heavy atom. The van der Waals surface area contributed by atoms with Crippen LogP contribution < -0.4 is 0 Å². The van der Waals surface area contributed by atoms with Crippen LogP contribution in [0.3, 0.4) is 0 Å². The molecule has 1 aromatic carbocycles. The number of aliphatic carboxylic acids is 1. The molecule has 0 saturated heterocycles. The number of hydrogen-bond acceptors (Lipinski definition) is 4. The summed E-state index contributed by atoms with van der Waals surface area (Å²) in [7, 11) is 0. The number of benzene rings is 1. The van der Waals surface area contributed by atoms with Crippen molar-refractivity contribution < 1.29 is 24.2 Å². The first-order chi connectivity index (χ1) is 14.1. The van der Waals surface area contributed by atoms with Crippen molar-refractivity contribution in [2.24, 2.45) is 0 Å². The van der Waals surface area contributed by atoms with E-state index in [1.165, 1.54) is 38.2 Å². The molecule has 0 amide bonds. The number of ether oxygens (including phenoxy) is 2. The molecule has 2 rings (SSSR count). The minimum absolute atomic E-state index is 0.0528. The van der Waals surface area contributed by atoms with Crippen molar-refractivity contribution in [1.29, 1.82) is 0 Å². The van der Waals surface area contributed by atoms with E-state index < -0.39 is 5.97 Å². The summed E-state index contributed by atoms with van der Waals surface area (Å²) in [5.41, 5.74) is 1.21. The van der Waals surface area contributed by atoms with Gasteiger partial charge in [0.15, 0.2) is 0 Å². The summed E-state index contributed by atoms with van der Waals surface area (Å²) >= 11 is 0. The zero-order valence-electron chi connectivity index (χ0n) is 17.5. The van der Waals surface area contributed by atoms with Crippen LogP contribution in [0.4, 0.5) is 0 Å². The lowest BCUT2D eigenvalue weighted by atomic mass is 9.95. The third-order valence-electron chi connectivity index (χ3n) is 5.31. The molecular weight excluding hydrogens is 368 g/mol. The Bertz CT molecular complexity index is 642. The maximum atomic E-state index is 12.3. The molecule has 0 unspecified atom stereocenters. The summed E-state index contributed by atoms with van der Waals surface area (Å²) in [6.07, 6.45) is 14.0. The zero-order chi connectivity index (χ0) is 20.9. The predicted molar refractivity (Wildman–Crippen MR) is 114 cm³/mol. The van der Waals surface area contributed by atoms with Gasteiger partial charge >= 0.3 is 11.9 Å². The summed E-state index contributed by atoms with van der Waals surface area (Å²) in [6, 6.07) is 6.75. The first-order valence-electron chi connectivity index (χ1n) is 10.9. The second-order valence-corrected chi connectivity index (χ2v) is 7.74. The molecule has 5 nitrogen and oxygen atoms in total. The van der Waals surface area contributed by atoms with E-state index in [1.807, 2.05) is 0 Å². The molecule has 1 fully saturated rings. The summed E-state index contributed by atoms with van der Waals surface area (Å²) in [5, 5.41) is 8.65. The lowest BCUT2D eigenvalue weighted by molar-refractivity contribution is -0.131. The van der Waals surface area contributed by atoms with Crippen molar-refractivity contribution in [2.75, 3.05) is 6.61 Å². The topological polar surface area (TPSA) is 72.8 Å². The van der Waals surface area contributed by atoms with Gasteiger partial charge in [0.05, 0.1) is 11.7 Å². The van der Waals surface area contributed by atoms with Crippen LogP contribution in [0.15, 0.2) is 30.3 Å². The average Bonchev–Trinajstić information content (AvgIpc) is 2.73. The smallest absolute Gasteiger partial charge is 0.338 e. The van der Waals surface area contributed by atoms with Gasteiger partial charge in [-0.25, -0.2) is 9.59 Å². The zero-order valence-corrected chi connectivity index (χ0v) is 17.5. The monoisotopic (exact) mass is 402 g/mol. The molecule has 0 aromatic heterocycles. The second-order valence-electron chi connectivity index (χ2n) is 7.74. The van der Waals surface area contributed by atoms with Gasteiger partial charge in [-0.15, -0.1) is 0 Å². The summed E-state index contributed by atoms with van der Waals surface area (Å²) in [5.74, 6) is -1.32. The van der Waals surface area contributed by atoms with Crippen molar-refractivity contribution in [3.63, 3.8) is 0 Å². The highest BCUT2D eigenvalue weighted by Gasteiger charge is 2.24. The Labute approximate surface area is 174 Å². The number of unbranched alkanes of at least 4 members (excludes halogenated alkanes) is 5. The number of esters is 1. The molecule has 160 valence electrons. The fourth-order valence-corrected chi connectivity index (χ4v) is 3.57. The molecule has 1 aromatic rings. The van der Waals surface area contributed by atoms with E-state index in [4.69, 9.17) is 14.6 Å². The molecular formula is C24H34O5. The molecule has 0 radical (unpaired) electrons. The van der Waals surface area contributed by atoms with Crippen molar-refractivity contribution in [1.82, 2.24) is 0 Å². The standard InChI is InChI=1S/C24H34O5/c1-2-3-4-5-6-7-18-28-21-13-15-22(16-14-21)29-24(27)20-11-8-19(9-12-20)10-17-23(25)26/h8-12,17,21-22H,2-7,13-16,18H2,1H3,(H,25,26). The van der Waals surface area contributed by atoms with Gasteiger partial charge in [0.2, 0.25) is 0 Å². The molecule has 0 atom stereocenters. The highest BCUT2D eigenvalue weighted by Crippen LogP contribution is 2.25. The van der Waals surface area contributed by atoms with E-state index in [-0.39, 0.29) is 12.1 Å². The number of rotatable bonds is 12. The van der Waals surface area contributed by atoms with Gasteiger partial charge in [0.1, 0.15) is 6.10 Å². The lowest BCUT2D eigenvalue weighted by Crippen LogP contribution is -2.28. The average molecular weight is 403 g/mol. The van der Waals surface area contributed by atoms with Gasteiger partial charge in [-0.3, -0.25) is 0 Å². The van der Waals surface area contributed by atoms with E-state index in [0.29, 0.717) is 11.7 Å². The third kappa shape index (κ3) is 9.27. The number of carboxylic acids is 1. The van der Waals surface area contributed by atoms with Crippen molar-refractivity contribution in [2.45, 2.75) is 83.3 Å². The van der Waals surface area contributed by atoms with E-state index >= 15 is 0 Å². The fourth-order valence-electron chi connectivity index (χ4n) is 3.57. The van der Waals surface area contributed by atoms with Gasteiger partial charge in [0, 0.05) is 12.7 Å². The first kappa shape index (κ1) is 23.1. The molecule has 1 N–H and O–H groups in total. The molecule has 0 spiro atoms. The molecule has 29 heavy (non-hydrogen) atoms. The normalized spacial score (nSPS) is 19.3. The molecule has 0 heterocycles. The number of carbonyl (C=O) groups is 2. The van der Waals surface area contributed by atoms with E-state index in [2.05, 4.69) is 6.92 Å². The SMILES string of the molecule is CCCCCCCCOC1CCC(OC(=O)c2ccc(C=CC(=O)O)cc2)CC1. The second kappa shape index (κ2) is 13.2. The molecule has 0 bridgehead atoms. The van der Waals surface area contributed by atoms with Gasteiger partial charge in [-0.05, 0) is 55.9 Å². The van der Waals surface area contributed by atoms with Crippen LogP contribution in [0.2, 0.25) is 0 Å². The molecule has 1 aliphatic carbocycles. The van der Waals surface area contributed by atoms with Gasteiger partial charge in [-0.1, -0.05) is 51.2 Å². The molecule has 1 saturated carbocycles. The van der Waals surface area contributed by atoms with Gasteiger partial charge in [0.25, 0.3) is 0 Å². The maximum absolute atomic E-state index is 12.3. The Balaban J connectivity index is 1.63. The predicted octanol–water partition coefficient (Wildman–Crippen LogP) is 5.63. The lowest BCUT2D eigenvalue weighted by Gasteiger charge is -2.28. The van der Waals surface area contributed by atoms with Crippen molar-refractivity contribution in [3.05, 3.63) is 41.5 Å². The molecule has 0 aliphatic heterocycles. The quantitative estimate of drug-likeness (QED) is 0.279. The largest absolute Gasteiger partial charge is 0.478 e. The van der Waals surface area contributed by atoms with E-state index in [1.54, 1.807) is 24.3 Å². The first-order valence-corrected chi connectivity index (χ1v) is 10.9. The number of hydrogen-bond donors (Lipinski definition) is 1. The highest BCUT2D eigenvalue weighted by molar-refractivity contribution is 5.90. The minimum Gasteiger partial charge on any atom is -0.478 e. The molecule has 5 heteroatoms. The number of carboxylic acid groups (broad SMARTS) is 1. The summed E-state index contributed by atoms with van der Waals surface area (Å²) in [4.78, 5) is 22.9. The third-order valence-corrected chi connectivity index (χ3v) is 5.31. The van der Waals surface area contributed by atoms with Crippen LogP contribution in [0, 0.1) is 0 Å². The van der Waals surface area contributed by atoms with Crippen molar-refractivity contribution >= 4 is 18.0 Å². The Morgan fingerprint density at radius 2 is 1.59 bits per heavy atom. The van der Waals surface area contributed by atoms with Gasteiger partial charge < -0.3 is 14.6 Å². The van der Waals surface area contributed by atoms with Crippen LogP contribution in [0.1, 0.15) is 87.1 Å². The minimum atomic E-state index is -1.000. The van der Waals surface area contributed by atoms with Crippen molar-refractivity contribution in [3.8, 4) is 0 Å². The highest BCUT2D eigenvalue weighted by atomic mass is 16.5. The Kier molecular flexibility index (Phi) is 10.5. The Morgan fingerprint density at radius 3 is 2.24 bits per heavy atom. The van der Waals surface area contributed by atoms with E-state index in [9.17, 15) is 9.59 Å².